The van der Waals surface area contributed by atoms with E-state index in [0.29, 0.717) is 16.7 Å². The first kappa shape index (κ1) is 28.8. The molecule has 0 atom stereocenters. The van der Waals surface area contributed by atoms with Crippen molar-refractivity contribution in [2.24, 2.45) is 0 Å². The van der Waals surface area contributed by atoms with E-state index in [1.807, 2.05) is 72.8 Å². The lowest BCUT2D eigenvalue weighted by atomic mass is 9.92. The van der Waals surface area contributed by atoms with Crippen molar-refractivity contribution in [2.75, 3.05) is 0 Å². The second kappa shape index (κ2) is 11.4. The molecule has 0 amide bonds. The molecular formula is C45H25N5. The van der Waals surface area contributed by atoms with Gasteiger partial charge in [-0.25, -0.2) is 0 Å². The van der Waals surface area contributed by atoms with Crippen LogP contribution in [0, 0.1) is 34.0 Å². The van der Waals surface area contributed by atoms with Crippen LogP contribution < -0.4 is 0 Å². The summed E-state index contributed by atoms with van der Waals surface area (Å²) in [7, 11) is 0. The molecule has 50 heavy (non-hydrogen) atoms. The molecule has 0 aliphatic heterocycles. The number of nitriles is 3. The molecule has 5 heteroatoms. The molecule has 9 aromatic rings. The van der Waals surface area contributed by atoms with Crippen molar-refractivity contribution >= 4 is 43.6 Å². The lowest BCUT2D eigenvalue weighted by Gasteiger charge is -2.18. The Kier molecular flexibility index (Phi) is 6.56. The van der Waals surface area contributed by atoms with Crippen molar-refractivity contribution < 1.29 is 0 Å². The molecule has 0 fully saturated rings. The van der Waals surface area contributed by atoms with E-state index < -0.39 is 0 Å². The van der Waals surface area contributed by atoms with Crippen LogP contribution >= 0.6 is 0 Å². The van der Waals surface area contributed by atoms with Crippen molar-refractivity contribution in [3.05, 3.63) is 168 Å². The molecule has 0 unspecified atom stereocenters. The van der Waals surface area contributed by atoms with Gasteiger partial charge in [-0.15, -0.1) is 0 Å². The normalized spacial score (nSPS) is 11.1. The number of aromatic nitrogens is 2. The Morgan fingerprint density at radius 1 is 0.380 bits per heavy atom. The van der Waals surface area contributed by atoms with E-state index >= 15 is 0 Å². The fourth-order valence-corrected chi connectivity index (χ4v) is 7.45. The third-order valence-corrected chi connectivity index (χ3v) is 9.64. The average Bonchev–Trinajstić information content (AvgIpc) is 3.69. The molecule has 0 saturated heterocycles. The summed E-state index contributed by atoms with van der Waals surface area (Å²) in [5, 5.41) is 34.0. The Labute approximate surface area is 287 Å². The third-order valence-electron chi connectivity index (χ3n) is 9.64. The predicted molar refractivity (Wildman–Crippen MR) is 200 cm³/mol. The Morgan fingerprint density at radius 3 is 1.66 bits per heavy atom. The average molecular weight is 636 g/mol. The highest BCUT2D eigenvalue weighted by Gasteiger charge is 2.21. The quantitative estimate of drug-likeness (QED) is 0.193. The van der Waals surface area contributed by atoms with Crippen molar-refractivity contribution in [2.45, 2.75) is 0 Å². The van der Waals surface area contributed by atoms with Crippen LogP contribution in [0.4, 0.5) is 0 Å². The van der Waals surface area contributed by atoms with Gasteiger partial charge in [0.05, 0.1) is 56.6 Å². The van der Waals surface area contributed by atoms with Crippen molar-refractivity contribution in [1.82, 2.24) is 9.13 Å². The lowest BCUT2D eigenvalue weighted by molar-refractivity contribution is 1.17. The Bertz CT molecular complexity index is 2900. The number of benzene rings is 7. The van der Waals surface area contributed by atoms with Crippen molar-refractivity contribution in [3.63, 3.8) is 0 Å². The molecule has 9 rings (SSSR count). The first-order chi connectivity index (χ1) is 24.7. The predicted octanol–water partition coefficient (Wildman–Crippen LogP) is 10.8. The second-order valence-corrected chi connectivity index (χ2v) is 12.3. The molecule has 7 aromatic carbocycles. The Morgan fingerprint density at radius 2 is 0.960 bits per heavy atom. The van der Waals surface area contributed by atoms with Gasteiger partial charge in [0.25, 0.3) is 0 Å². The molecular weight excluding hydrogens is 611 g/mol. The number of hydrogen-bond donors (Lipinski definition) is 0. The summed E-state index contributed by atoms with van der Waals surface area (Å²) in [6.45, 7) is 0. The van der Waals surface area contributed by atoms with Gasteiger partial charge in [0.1, 0.15) is 6.07 Å². The van der Waals surface area contributed by atoms with Crippen molar-refractivity contribution in [1.29, 1.82) is 15.8 Å². The zero-order valence-corrected chi connectivity index (χ0v) is 26.7. The molecule has 0 aliphatic carbocycles. The van der Waals surface area contributed by atoms with Gasteiger partial charge >= 0.3 is 0 Å². The van der Waals surface area contributed by atoms with E-state index in [1.165, 1.54) is 0 Å². The van der Waals surface area contributed by atoms with Gasteiger partial charge in [-0.2, -0.15) is 15.8 Å². The van der Waals surface area contributed by atoms with Gasteiger partial charge in [-0.1, -0.05) is 91.0 Å². The van der Waals surface area contributed by atoms with Crippen LogP contribution in [0.5, 0.6) is 0 Å². The molecule has 0 saturated carbocycles. The first-order valence-corrected chi connectivity index (χ1v) is 16.3. The summed E-state index contributed by atoms with van der Waals surface area (Å²) in [5.74, 6) is 0. The van der Waals surface area contributed by atoms with Crippen LogP contribution in [0.2, 0.25) is 0 Å². The van der Waals surface area contributed by atoms with Gasteiger partial charge in [-0.05, 0) is 77.4 Å². The van der Waals surface area contributed by atoms with E-state index in [-0.39, 0.29) is 0 Å². The number of fused-ring (bicyclic) bond motifs is 6. The van der Waals surface area contributed by atoms with E-state index in [2.05, 4.69) is 106 Å². The highest BCUT2D eigenvalue weighted by atomic mass is 15.0. The van der Waals surface area contributed by atoms with Crippen LogP contribution in [0.3, 0.4) is 0 Å². The fourth-order valence-electron chi connectivity index (χ4n) is 7.45. The molecule has 0 radical (unpaired) electrons. The van der Waals surface area contributed by atoms with Gasteiger partial charge in [0.15, 0.2) is 0 Å². The zero-order chi connectivity index (χ0) is 33.8. The molecule has 230 valence electrons. The molecule has 0 spiro atoms. The van der Waals surface area contributed by atoms with Crippen LogP contribution in [0.1, 0.15) is 16.7 Å². The maximum atomic E-state index is 10.5. The monoisotopic (exact) mass is 635 g/mol. The summed E-state index contributed by atoms with van der Waals surface area (Å²) in [5.41, 5.74) is 11.6. The van der Waals surface area contributed by atoms with Crippen LogP contribution in [0.25, 0.3) is 77.2 Å². The second-order valence-electron chi connectivity index (χ2n) is 12.3. The van der Waals surface area contributed by atoms with Gasteiger partial charge < -0.3 is 9.13 Å². The third kappa shape index (κ3) is 4.31. The molecule has 2 heterocycles. The summed E-state index contributed by atoms with van der Waals surface area (Å²) >= 11 is 0. The van der Waals surface area contributed by atoms with Crippen LogP contribution in [-0.4, -0.2) is 9.13 Å². The van der Waals surface area contributed by atoms with E-state index in [1.54, 1.807) is 0 Å². The van der Waals surface area contributed by atoms with Crippen molar-refractivity contribution in [3.8, 4) is 51.8 Å². The van der Waals surface area contributed by atoms with Gasteiger partial charge in [-0.3, -0.25) is 0 Å². The SMILES string of the molecule is N#Cc1ccc2c(c1)c1ccc(C#N)cc1n2-c1ccc(-c2ccccc2-c2cccc(C#N)c2-n2c3ccccc3c3ccccc32)cc1. The summed E-state index contributed by atoms with van der Waals surface area (Å²) in [4.78, 5) is 0. The summed E-state index contributed by atoms with van der Waals surface area (Å²) in [6.07, 6.45) is 0. The topological polar surface area (TPSA) is 81.2 Å². The Hall–Kier alpha value is -7.39. The van der Waals surface area contributed by atoms with E-state index in [9.17, 15) is 15.8 Å². The minimum absolute atomic E-state index is 0.575. The van der Waals surface area contributed by atoms with E-state index in [4.69, 9.17) is 0 Å². The number of nitrogens with zero attached hydrogens (tertiary/aromatic N) is 5. The minimum atomic E-state index is 0.575. The molecule has 0 bridgehead atoms. The molecule has 5 nitrogen and oxygen atoms in total. The lowest BCUT2D eigenvalue weighted by Crippen LogP contribution is -2.01. The van der Waals surface area contributed by atoms with Crippen LogP contribution in [0.15, 0.2) is 152 Å². The minimum Gasteiger partial charge on any atom is -0.309 e. The molecule has 0 N–H and O–H groups in total. The van der Waals surface area contributed by atoms with Gasteiger partial charge in [0, 0.05) is 32.8 Å². The first-order valence-electron chi connectivity index (χ1n) is 16.3. The fraction of sp³-hybridized carbons (Fsp3) is 0. The van der Waals surface area contributed by atoms with Gasteiger partial charge in [0.2, 0.25) is 0 Å². The smallest absolute Gasteiger partial charge is 0.101 e. The van der Waals surface area contributed by atoms with Crippen LogP contribution in [-0.2, 0) is 0 Å². The molecule has 2 aromatic heterocycles. The molecule has 0 aliphatic rings. The highest BCUT2D eigenvalue weighted by molar-refractivity contribution is 6.11. The summed E-state index contributed by atoms with van der Waals surface area (Å²) in [6, 6.07) is 57.9. The maximum Gasteiger partial charge on any atom is 0.101 e. The Balaban J connectivity index is 1.23. The summed E-state index contributed by atoms with van der Waals surface area (Å²) < 4.78 is 4.38. The highest BCUT2D eigenvalue weighted by Crippen LogP contribution is 2.41. The maximum absolute atomic E-state index is 10.5. The van der Waals surface area contributed by atoms with E-state index in [0.717, 1.165) is 77.2 Å². The zero-order valence-electron chi connectivity index (χ0n) is 26.7. The number of rotatable bonds is 4. The largest absolute Gasteiger partial charge is 0.309 e. The number of para-hydroxylation sites is 3. The standard InChI is InChI=1S/C45H25N5/c46-26-29-17-23-43-40(24-29)38-22-16-30(27-47)25-44(38)49(43)33-20-18-31(19-21-33)34-9-1-2-10-35(34)39-13-7-8-32(28-48)45(39)50-41-14-5-3-11-36(41)37-12-4-6-15-42(37)50/h1-25H. The number of hydrogen-bond acceptors (Lipinski definition) is 3.